The maximum atomic E-state index is 12.6. The van der Waals surface area contributed by atoms with Crippen molar-refractivity contribution in [3.05, 3.63) is 0 Å². The standard InChI is InChI=1S/C21H36F3NO/c22-21(23,24)14-25-13-19(20(26)16-7-2-1-3-8-16)18-11-10-15-6-4-5-9-17(15)12-18/h15-20,25-26H,1-14H2/t15?,17?,18?,19-,20-/m0/s1. The van der Waals surface area contributed by atoms with Crippen molar-refractivity contribution < 1.29 is 18.3 Å². The summed E-state index contributed by atoms with van der Waals surface area (Å²) in [6.45, 7) is -0.640. The van der Waals surface area contributed by atoms with Gasteiger partial charge >= 0.3 is 6.18 Å². The average Bonchev–Trinajstić information content (AvgIpc) is 2.64. The first-order valence-corrected chi connectivity index (χ1v) is 10.9. The number of aliphatic hydroxyl groups excluding tert-OH is 1. The van der Waals surface area contributed by atoms with E-state index in [0.29, 0.717) is 12.5 Å². The molecular formula is C21H36F3NO. The summed E-state index contributed by atoms with van der Waals surface area (Å²) in [5.74, 6) is 2.21. The van der Waals surface area contributed by atoms with E-state index in [1.807, 2.05) is 0 Å². The normalized spacial score (nSPS) is 33.5. The number of rotatable bonds is 6. The summed E-state index contributed by atoms with van der Waals surface area (Å²) < 4.78 is 37.8. The van der Waals surface area contributed by atoms with E-state index in [4.69, 9.17) is 0 Å². The Balaban J connectivity index is 1.63. The van der Waals surface area contributed by atoms with Crippen LogP contribution in [0.5, 0.6) is 0 Å². The lowest BCUT2D eigenvalue weighted by Crippen LogP contribution is -2.45. The predicted molar refractivity (Wildman–Crippen MR) is 97.8 cm³/mol. The number of hydrogen-bond acceptors (Lipinski definition) is 2. The third-order valence-electron chi connectivity index (χ3n) is 7.46. The number of halogens is 3. The molecule has 26 heavy (non-hydrogen) atoms. The molecule has 0 heterocycles. The number of hydrogen-bond donors (Lipinski definition) is 2. The van der Waals surface area contributed by atoms with Crippen molar-refractivity contribution in [1.29, 1.82) is 0 Å². The monoisotopic (exact) mass is 375 g/mol. The fourth-order valence-electron chi connectivity index (χ4n) is 6.07. The first kappa shape index (κ1) is 20.4. The molecule has 5 atom stereocenters. The second-order valence-electron chi connectivity index (χ2n) is 9.18. The summed E-state index contributed by atoms with van der Waals surface area (Å²) >= 11 is 0. The minimum atomic E-state index is -4.18. The quantitative estimate of drug-likeness (QED) is 0.660. The Kier molecular flexibility index (Phi) is 7.29. The van der Waals surface area contributed by atoms with Crippen molar-refractivity contribution >= 4 is 0 Å². The summed E-state index contributed by atoms with van der Waals surface area (Å²) in [6.07, 6.45) is 9.66. The van der Waals surface area contributed by atoms with Gasteiger partial charge in [-0.05, 0) is 55.8 Å². The number of fused-ring (bicyclic) bond motifs is 1. The molecule has 0 saturated heterocycles. The predicted octanol–water partition coefficient (Wildman–Crippen LogP) is 5.30. The van der Waals surface area contributed by atoms with Crippen LogP contribution < -0.4 is 5.32 Å². The Morgan fingerprint density at radius 2 is 1.46 bits per heavy atom. The van der Waals surface area contributed by atoms with E-state index in [2.05, 4.69) is 5.32 Å². The lowest BCUT2D eigenvalue weighted by Gasteiger charge is -2.44. The lowest BCUT2D eigenvalue weighted by molar-refractivity contribution is -0.126. The zero-order chi connectivity index (χ0) is 18.6. The van der Waals surface area contributed by atoms with Gasteiger partial charge in [-0.3, -0.25) is 0 Å². The first-order chi connectivity index (χ1) is 12.4. The van der Waals surface area contributed by atoms with Gasteiger partial charge in [-0.2, -0.15) is 13.2 Å². The Morgan fingerprint density at radius 3 is 2.15 bits per heavy atom. The molecule has 0 amide bonds. The van der Waals surface area contributed by atoms with E-state index < -0.39 is 18.8 Å². The second kappa shape index (κ2) is 9.27. The van der Waals surface area contributed by atoms with Crippen molar-refractivity contribution in [2.45, 2.75) is 89.3 Å². The molecule has 3 aliphatic rings. The third kappa shape index (κ3) is 5.60. The summed E-state index contributed by atoms with van der Waals surface area (Å²) in [4.78, 5) is 0. The second-order valence-corrected chi connectivity index (χ2v) is 9.18. The van der Waals surface area contributed by atoms with Gasteiger partial charge in [0, 0.05) is 12.5 Å². The Bertz CT molecular complexity index is 422. The number of alkyl halides is 3. The zero-order valence-electron chi connectivity index (χ0n) is 15.9. The number of nitrogens with one attached hydrogen (secondary N) is 1. The molecular weight excluding hydrogens is 339 g/mol. The minimum absolute atomic E-state index is 0.0247. The molecule has 0 radical (unpaired) electrons. The molecule has 2 nitrogen and oxygen atoms in total. The van der Waals surface area contributed by atoms with Crippen LogP contribution in [0.1, 0.15) is 77.0 Å². The Morgan fingerprint density at radius 1 is 0.808 bits per heavy atom. The van der Waals surface area contributed by atoms with Gasteiger partial charge in [-0.15, -0.1) is 0 Å². The van der Waals surface area contributed by atoms with Gasteiger partial charge in [0.2, 0.25) is 0 Å². The van der Waals surface area contributed by atoms with Crippen molar-refractivity contribution in [1.82, 2.24) is 5.32 Å². The van der Waals surface area contributed by atoms with E-state index in [9.17, 15) is 18.3 Å². The minimum Gasteiger partial charge on any atom is -0.392 e. The third-order valence-corrected chi connectivity index (χ3v) is 7.46. The van der Waals surface area contributed by atoms with Gasteiger partial charge < -0.3 is 10.4 Å². The molecule has 0 aromatic carbocycles. The van der Waals surface area contributed by atoms with E-state index in [1.54, 1.807) is 0 Å². The van der Waals surface area contributed by atoms with Crippen LogP contribution >= 0.6 is 0 Å². The molecule has 3 fully saturated rings. The summed E-state index contributed by atoms with van der Waals surface area (Å²) in [6, 6.07) is 0. The lowest BCUT2D eigenvalue weighted by atomic mass is 9.63. The molecule has 2 N–H and O–H groups in total. The Labute approximate surface area is 156 Å². The van der Waals surface area contributed by atoms with E-state index in [-0.39, 0.29) is 11.8 Å². The maximum Gasteiger partial charge on any atom is 0.401 e. The van der Waals surface area contributed by atoms with Gasteiger partial charge in [0.15, 0.2) is 0 Å². The van der Waals surface area contributed by atoms with Crippen LogP contribution in [-0.2, 0) is 0 Å². The molecule has 3 rings (SSSR count). The highest BCUT2D eigenvalue weighted by Gasteiger charge is 2.40. The largest absolute Gasteiger partial charge is 0.401 e. The molecule has 0 aliphatic heterocycles. The zero-order valence-corrected chi connectivity index (χ0v) is 15.9. The molecule has 152 valence electrons. The molecule has 3 saturated carbocycles. The topological polar surface area (TPSA) is 32.3 Å². The van der Waals surface area contributed by atoms with Crippen LogP contribution in [0.3, 0.4) is 0 Å². The molecule has 5 heteroatoms. The van der Waals surface area contributed by atoms with Crippen LogP contribution in [0.15, 0.2) is 0 Å². The summed E-state index contributed by atoms with van der Waals surface area (Å²) in [7, 11) is 0. The van der Waals surface area contributed by atoms with Crippen molar-refractivity contribution in [3.8, 4) is 0 Å². The van der Waals surface area contributed by atoms with E-state index in [1.165, 1.54) is 38.5 Å². The molecule has 0 aromatic rings. The summed E-state index contributed by atoms with van der Waals surface area (Å²) in [5.41, 5.74) is 0. The van der Waals surface area contributed by atoms with Gasteiger partial charge in [0.05, 0.1) is 12.6 Å². The van der Waals surface area contributed by atoms with E-state index >= 15 is 0 Å². The SMILES string of the molecule is O[C@@H](C1CCCCC1)[C@@H](CNCC(F)(F)F)C1CCC2CCCCC2C1. The molecule has 0 aromatic heterocycles. The van der Waals surface area contributed by atoms with Crippen molar-refractivity contribution in [2.24, 2.45) is 29.6 Å². The molecule has 3 unspecified atom stereocenters. The van der Waals surface area contributed by atoms with Crippen LogP contribution in [0.4, 0.5) is 13.2 Å². The van der Waals surface area contributed by atoms with E-state index in [0.717, 1.165) is 50.4 Å². The first-order valence-electron chi connectivity index (χ1n) is 10.9. The highest BCUT2D eigenvalue weighted by Crippen LogP contribution is 2.46. The molecule has 0 bridgehead atoms. The fourth-order valence-corrected chi connectivity index (χ4v) is 6.07. The summed E-state index contributed by atoms with van der Waals surface area (Å²) in [5, 5.41) is 13.7. The fraction of sp³-hybridized carbons (Fsp3) is 1.00. The van der Waals surface area contributed by atoms with Crippen molar-refractivity contribution in [2.75, 3.05) is 13.1 Å². The highest BCUT2D eigenvalue weighted by molar-refractivity contribution is 4.91. The van der Waals surface area contributed by atoms with Crippen LogP contribution in [0.2, 0.25) is 0 Å². The highest BCUT2D eigenvalue weighted by atomic mass is 19.4. The molecule has 3 aliphatic carbocycles. The average molecular weight is 376 g/mol. The smallest absolute Gasteiger partial charge is 0.392 e. The van der Waals surface area contributed by atoms with Crippen molar-refractivity contribution in [3.63, 3.8) is 0 Å². The van der Waals surface area contributed by atoms with Gasteiger partial charge in [-0.1, -0.05) is 44.9 Å². The van der Waals surface area contributed by atoms with Crippen LogP contribution in [0.25, 0.3) is 0 Å². The maximum absolute atomic E-state index is 12.6. The number of aliphatic hydroxyl groups is 1. The Hall–Kier alpha value is -0.290. The van der Waals surface area contributed by atoms with Crippen LogP contribution in [0, 0.1) is 29.6 Å². The van der Waals surface area contributed by atoms with Gasteiger partial charge in [0.1, 0.15) is 0 Å². The van der Waals surface area contributed by atoms with Crippen LogP contribution in [-0.4, -0.2) is 30.5 Å². The van der Waals surface area contributed by atoms with Gasteiger partial charge in [0.25, 0.3) is 0 Å². The molecule has 0 spiro atoms. The van der Waals surface area contributed by atoms with Gasteiger partial charge in [-0.25, -0.2) is 0 Å².